The molecule has 2 heterocycles. The Morgan fingerprint density at radius 3 is 2.67 bits per heavy atom. The van der Waals surface area contributed by atoms with Crippen LogP contribution in [0.5, 0.6) is 0 Å². The highest BCUT2D eigenvalue weighted by Crippen LogP contribution is 2.16. The number of piperazine rings is 1. The Morgan fingerprint density at radius 2 is 1.96 bits per heavy atom. The molecule has 1 aromatic heterocycles. The van der Waals surface area contributed by atoms with Crippen LogP contribution in [0.2, 0.25) is 0 Å². The number of rotatable bonds is 5. The molecule has 2 atom stereocenters. The molecule has 0 bridgehead atoms. The zero-order valence-electron chi connectivity index (χ0n) is 16.1. The van der Waals surface area contributed by atoms with E-state index < -0.39 is 0 Å². The predicted octanol–water partition coefficient (Wildman–Crippen LogP) is 2.11. The average molecular weight is 369 g/mol. The summed E-state index contributed by atoms with van der Waals surface area (Å²) < 4.78 is 5.18. The minimum Gasteiger partial charge on any atom is -0.383 e. The summed E-state index contributed by atoms with van der Waals surface area (Å²) in [6.45, 7) is 7.15. The van der Waals surface area contributed by atoms with E-state index in [9.17, 15) is 9.59 Å². The van der Waals surface area contributed by atoms with Gasteiger partial charge in [0.15, 0.2) is 0 Å². The summed E-state index contributed by atoms with van der Waals surface area (Å²) in [5, 5.41) is 0.943. The maximum atomic E-state index is 12.6. The van der Waals surface area contributed by atoms with E-state index in [4.69, 9.17) is 4.74 Å². The number of hydrogen-bond acceptors (Lipinski definition) is 4. The van der Waals surface area contributed by atoms with Crippen molar-refractivity contribution in [2.75, 3.05) is 33.4 Å². The monoisotopic (exact) mass is 369 g/mol. The summed E-state index contributed by atoms with van der Waals surface area (Å²) in [7, 11) is 1.70. The van der Waals surface area contributed by atoms with E-state index in [0.717, 1.165) is 17.4 Å². The van der Waals surface area contributed by atoms with Gasteiger partial charge in [0.2, 0.25) is 5.91 Å². The predicted molar refractivity (Wildman–Crippen MR) is 108 cm³/mol. The van der Waals surface area contributed by atoms with Crippen LogP contribution in [-0.2, 0) is 9.53 Å². The Kier molecular flexibility index (Phi) is 6.08. The number of pyridine rings is 1. The first-order valence-electron chi connectivity index (χ1n) is 9.33. The van der Waals surface area contributed by atoms with Gasteiger partial charge in [0.25, 0.3) is 5.56 Å². The first kappa shape index (κ1) is 19.3. The van der Waals surface area contributed by atoms with E-state index in [2.05, 4.69) is 23.7 Å². The second-order valence-electron chi connectivity index (χ2n) is 7.15. The number of para-hydroxylation sites is 1. The van der Waals surface area contributed by atoms with Gasteiger partial charge in [0.05, 0.1) is 6.61 Å². The number of nitrogens with zero attached hydrogens (tertiary/aromatic N) is 2. The number of carbonyl (C=O) groups excluding carboxylic acids is 1. The number of aromatic nitrogens is 1. The van der Waals surface area contributed by atoms with Crippen LogP contribution in [0.25, 0.3) is 17.0 Å². The second kappa shape index (κ2) is 8.50. The largest absolute Gasteiger partial charge is 0.383 e. The van der Waals surface area contributed by atoms with Gasteiger partial charge < -0.3 is 14.6 Å². The van der Waals surface area contributed by atoms with Gasteiger partial charge in [-0.1, -0.05) is 18.2 Å². The number of amides is 1. The number of fused-ring (bicyclic) bond motifs is 1. The first-order chi connectivity index (χ1) is 13.0. The lowest BCUT2D eigenvalue weighted by atomic mass is 10.1. The zero-order valence-corrected chi connectivity index (χ0v) is 16.1. The number of H-pyrrole nitrogens is 1. The minimum atomic E-state index is -0.191. The van der Waals surface area contributed by atoms with Gasteiger partial charge in [-0.2, -0.15) is 0 Å². The average Bonchev–Trinajstić information content (AvgIpc) is 2.65. The molecular weight excluding hydrogens is 342 g/mol. The molecule has 2 aromatic rings. The molecule has 6 heteroatoms. The van der Waals surface area contributed by atoms with Gasteiger partial charge in [0.1, 0.15) is 0 Å². The van der Waals surface area contributed by atoms with Gasteiger partial charge in [-0.05, 0) is 37.4 Å². The van der Waals surface area contributed by atoms with Crippen molar-refractivity contribution in [1.82, 2.24) is 14.8 Å². The van der Waals surface area contributed by atoms with Crippen LogP contribution in [0, 0.1) is 0 Å². The molecule has 2 unspecified atom stereocenters. The molecule has 0 aliphatic carbocycles. The van der Waals surface area contributed by atoms with Crippen molar-refractivity contribution < 1.29 is 9.53 Å². The maximum absolute atomic E-state index is 12.6. The molecule has 1 N–H and O–H groups in total. The zero-order chi connectivity index (χ0) is 19.4. The van der Waals surface area contributed by atoms with Crippen LogP contribution >= 0.6 is 0 Å². The number of carbonyl (C=O) groups is 1. The Morgan fingerprint density at radius 1 is 1.26 bits per heavy atom. The molecule has 1 aromatic carbocycles. The van der Waals surface area contributed by atoms with Crippen LogP contribution < -0.4 is 5.56 Å². The van der Waals surface area contributed by atoms with Gasteiger partial charge in [-0.25, -0.2) is 0 Å². The quantitative estimate of drug-likeness (QED) is 0.820. The smallest absolute Gasteiger partial charge is 0.255 e. The lowest BCUT2D eigenvalue weighted by molar-refractivity contribution is -0.130. The fraction of sp³-hybridized carbons (Fsp3) is 0.429. The molecule has 3 rings (SSSR count). The van der Waals surface area contributed by atoms with Gasteiger partial charge in [-0.15, -0.1) is 0 Å². The number of benzene rings is 1. The van der Waals surface area contributed by atoms with Crippen molar-refractivity contribution in [3.05, 3.63) is 52.3 Å². The van der Waals surface area contributed by atoms with E-state index in [1.54, 1.807) is 13.2 Å². The van der Waals surface area contributed by atoms with Crippen molar-refractivity contribution in [2.24, 2.45) is 0 Å². The Bertz CT molecular complexity index is 878. The molecule has 1 saturated heterocycles. The molecule has 27 heavy (non-hydrogen) atoms. The summed E-state index contributed by atoms with van der Waals surface area (Å²) >= 11 is 0. The molecule has 0 spiro atoms. The maximum Gasteiger partial charge on any atom is 0.255 e. The minimum absolute atomic E-state index is 0.0624. The third-order valence-corrected chi connectivity index (χ3v) is 5.15. The Labute approximate surface area is 159 Å². The van der Waals surface area contributed by atoms with Crippen molar-refractivity contribution in [1.29, 1.82) is 0 Å². The standard InChI is InChI=1S/C21H27N3O3/c1-15-13-23(14-16(2)24(15)10-11-27-3)20(25)9-8-18-12-17-6-4-5-7-19(17)22-21(18)26/h4-9,12,15-16H,10-11,13-14H2,1-3H3,(H,22,26)/b9-8+. The molecule has 1 amide bonds. The van der Waals surface area contributed by atoms with Crippen LogP contribution in [0.3, 0.4) is 0 Å². The number of aromatic amines is 1. The summed E-state index contributed by atoms with van der Waals surface area (Å²) in [4.78, 5) is 31.9. The molecule has 1 aliphatic rings. The molecule has 144 valence electrons. The number of ether oxygens (including phenoxy) is 1. The molecule has 1 fully saturated rings. The highest BCUT2D eigenvalue weighted by molar-refractivity contribution is 5.92. The van der Waals surface area contributed by atoms with Crippen molar-refractivity contribution in [3.8, 4) is 0 Å². The third-order valence-electron chi connectivity index (χ3n) is 5.15. The van der Waals surface area contributed by atoms with E-state index in [1.165, 1.54) is 6.08 Å². The summed E-state index contributed by atoms with van der Waals surface area (Å²) in [6, 6.07) is 9.95. The number of nitrogens with one attached hydrogen (secondary N) is 1. The van der Waals surface area contributed by atoms with Gasteiger partial charge in [0, 0.05) is 56.0 Å². The van der Waals surface area contributed by atoms with Gasteiger partial charge >= 0.3 is 0 Å². The van der Waals surface area contributed by atoms with E-state index in [0.29, 0.717) is 25.3 Å². The highest BCUT2D eigenvalue weighted by Gasteiger charge is 2.30. The van der Waals surface area contributed by atoms with Gasteiger partial charge in [-0.3, -0.25) is 14.5 Å². The van der Waals surface area contributed by atoms with Crippen molar-refractivity contribution in [3.63, 3.8) is 0 Å². The lowest BCUT2D eigenvalue weighted by Crippen LogP contribution is -2.58. The summed E-state index contributed by atoms with van der Waals surface area (Å²) in [5.74, 6) is -0.0624. The van der Waals surface area contributed by atoms with Crippen LogP contribution in [0.4, 0.5) is 0 Å². The number of methoxy groups -OCH3 is 1. The van der Waals surface area contributed by atoms with Crippen molar-refractivity contribution >= 4 is 22.9 Å². The molecule has 0 radical (unpaired) electrons. The van der Waals surface area contributed by atoms with E-state index in [-0.39, 0.29) is 23.6 Å². The highest BCUT2D eigenvalue weighted by atomic mass is 16.5. The topological polar surface area (TPSA) is 65.6 Å². The molecule has 0 saturated carbocycles. The first-order valence-corrected chi connectivity index (χ1v) is 9.33. The lowest BCUT2D eigenvalue weighted by Gasteiger charge is -2.44. The normalized spacial score (nSPS) is 21.2. The van der Waals surface area contributed by atoms with Crippen LogP contribution in [0.15, 0.2) is 41.2 Å². The van der Waals surface area contributed by atoms with E-state index in [1.807, 2.05) is 35.2 Å². The number of hydrogen-bond donors (Lipinski definition) is 1. The third kappa shape index (κ3) is 4.46. The Hall–Kier alpha value is -2.44. The molecule has 1 aliphatic heterocycles. The second-order valence-corrected chi connectivity index (χ2v) is 7.15. The van der Waals surface area contributed by atoms with Crippen LogP contribution in [0.1, 0.15) is 19.4 Å². The summed E-state index contributed by atoms with van der Waals surface area (Å²) in [5.41, 5.74) is 1.09. The Balaban J connectivity index is 1.70. The van der Waals surface area contributed by atoms with Crippen molar-refractivity contribution in [2.45, 2.75) is 25.9 Å². The fourth-order valence-corrected chi connectivity index (χ4v) is 3.73. The summed E-state index contributed by atoms with van der Waals surface area (Å²) in [6.07, 6.45) is 3.11. The molecular formula is C21H27N3O3. The van der Waals surface area contributed by atoms with E-state index >= 15 is 0 Å². The molecule has 6 nitrogen and oxygen atoms in total. The SMILES string of the molecule is COCCN1C(C)CN(C(=O)/C=C/c2cc3ccccc3[nH]c2=O)CC1C. The van der Waals surface area contributed by atoms with Crippen LogP contribution in [-0.4, -0.2) is 66.1 Å². The fourth-order valence-electron chi connectivity index (χ4n) is 3.73.